The molecule has 3 aromatic rings. The summed E-state index contributed by atoms with van der Waals surface area (Å²) in [6, 6.07) is 7.39. The SMILES string of the molecule is CCOC(=O)c1cc(C#N)c(N2CC(C(=O)CCN(C(=O)N3CCN(c4ncc(C(=O)O)cc4Cl)CC3)c3cc(Cl)c(Cl)cc3Cl)C2)nc1C. The Morgan fingerprint density at radius 3 is 2.26 bits per heavy atom. The maximum absolute atomic E-state index is 14.0. The minimum atomic E-state index is -1.14. The molecule has 17 heteroatoms. The molecule has 0 radical (unpaired) electrons. The Hall–Kier alpha value is -4.35. The van der Waals surface area contributed by atoms with E-state index in [4.69, 9.17) is 51.1 Å². The van der Waals surface area contributed by atoms with E-state index in [2.05, 4.69) is 16.0 Å². The van der Waals surface area contributed by atoms with Gasteiger partial charge >= 0.3 is 18.0 Å². The van der Waals surface area contributed by atoms with Gasteiger partial charge in [0.1, 0.15) is 23.5 Å². The van der Waals surface area contributed by atoms with Crippen LogP contribution in [0.2, 0.25) is 20.1 Å². The molecule has 1 aromatic carbocycles. The number of urea groups is 1. The van der Waals surface area contributed by atoms with E-state index < -0.39 is 18.0 Å². The maximum Gasteiger partial charge on any atom is 0.340 e. The van der Waals surface area contributed by atoms with Gasteiger partial charge in [0.2, 0.25) is 0 Å². The van der Waals surface area contributed by atoms with Crippen LogP contribution in [0.1, 0.15) is 45.3 Å². The van der Waals surface area contributed by atoms with E-state index in [0.717, 1.165) is 0 Å². The number of aromatic nitrogens is 2. The number of anilines is 3. The Labute approximate surface area is 307 Å². The van der Waals surface area contributed by atoms with Gasteiger partial charge in [0.15, 0.2) is 0 Å². The number of aromatic carboxylic acids is 1. The highest BCUT2D eigenvalue weighted by atomic mass is 35.5. The molecule has 2 amide bonds. The average Bonchev–Trinajstić information content (AvgIpc) is 3.06. The minimum Gasteiger partial charge on any atom is -0.478 e. The molecule has 0 saturated carbocycles. The summed E-state index contributed by atoms with van der Waals surface area (Å²) in [6.07, 6.45) is 1.24. The van der Waals surface area contributed by atoms with E-state index in [1.807, 2.05) is 4.90 Å². The number of carboxylic acids is 1. The molecule has 262 valence electrons. The number of hydrogen-bond acceptors (Lipinski definition) is 10. The van der Waals surface area contributed by atoms with E-state index in [-0.39, 0.29) is 81.1 Å². The zero-order valence-corrected chi connectivity index (χ0v) is 30.0. The van der Waals surface area contributed by atoms with Crippen LogP contribution in [0.3, 0.4) is 0 Å². The van der Waals surface area contributed by atoms with Crippen molar-refractivity contribution in [2.75, 3.05) is 67.1 Å². The second kappa shape index (κ2) is 15.7. The summed E-state index contributed by atoms with van der Waals surface area (Å²) in [4.78, 5) is 66.3. The molecule has 0 spiro atoms. The highest BCUT2D eigenvalue weighted by molar-refractivity contribution is 6.44. The lowest BCUT2D eigenvalue weighted by atomic mass is 9.92. The molecule has 2 aliphatic rings. The van der Waals surface area contributed by atoms with Crippen LogP contribution in [0.15, 0.2) is 30.5 Å². The number of aryl methyl sites for hydroxylation is 1. The number of amides is 2. The molecule has 0 atom stereocenters. The third-order valence-electron chi connectivity index (χ3n) is 8.46. The number of rotatable bonds is 10. The molecule has 2 aromatic heterocycles. The van der Waals surface area contributed by atoms with E-state index in [1.54, 1.807) is 23.6 Å². The number of carboxylic acid groups (broad SMARTS) is 1. The van der Waals surface area contributed by atoms with Gasteiger partial charge in [0, 0.05) is 58.4 Å². The van der Waals surface area contributed by atoms with Gasteiger partial charge in [-0.3, -0.25) is 9.69 Å². The first kappa shape index (κ1) is 36.9. The molecular weight excluding hydrogens is 732 g/mol. The van der Waals surface area contributed by atoms with E-state index in [0.29, 0.717) is 49.2 Å². The first-order valence-electron chi connectivity index (χ1n) is 15.5. The molecule has 2 fully saturated rings. The summed E-state index contributed by atoms with van der Waals surface area (Å²) < 4.78 is 5.06. The summed E-state index contributed by atoms with van der Waals surface area (Å²) in [5.74, 6) is -1.37. The number of hydrogen-bond donors (Lipinski definition) is 1. The Kier molecular flexibility index (Phi) is 11.6. The average molecular weight is 763 g/mol. The molecule has 4 heterocycles. The molecule has 0 unspecified atom stereocenters. The number of carbonyl (C=O) groups excluding carboxylic acids is 3. The fraction of sp³-hybridized carbons (Fsp3) is 0.364. The van der Waals surface area contributed by atoms with Crippen molar-refractivity contribution in [2.24, 2.45) is 5.92 Å². The van der Waals surface area contributed by atoms with Crippen LogP contribution in [0, 0.1) is 24.2 Å². The van der Waals surface area contributed by atoms with E-state index in [9.17, 15) is 29.5 Å². The van der Waals surface area contributed by atoms with Crippen molar-refractivity contribution in [3.8, 4) is 6.07 Å². The fourth-order valence-corrected chi connectivity index (χ4v) is 6.64. The normalized spacial score (nSPS) is 14.5. The number of pyridine rings is 2. The van der Waals surface area contributed by atoms with Crippen LogP contribution in [0.4, 0.5) is 22.1 Å². The summed E-state index contributed by atoms with van der Waals surface area (Å²) in [6.45, 7) is 5.45. The summed E-state index contributed by atoms with van der Waals surface area (Å²) in [7, 11) is 0. The van der Waals surface area contributed by atoms with Crippen molar-refractivity contribution in [1.82, 2.24) is 14.9 Å². The van der Waals surface area contributed by atoms with Gasteiger partial charge in [-0.1, -0.05) is 46.4 Å². The Balaban J connectivity index is 1.26. The minimum absolute atomic E-state index is 0.00510. The second-order valence-corrected chi connectivity index (χ2v) is 13.2. The number of benzene rings is 1. The van der Waals surface area contributed by atoms with Crippen molar-refractivity contribution >= 4 is 87.5 Å². The van der Waals surface area contributed by atoms with Crippen LogP contribution in [-0.4, -0.2) is 96.1 Å². The molecule has 0 bridgehead atoms. The smallest absolute Gasteiger partial charge is 0.340 e. The summed E-state index contributed by atoms with van der Waals surface area (Å²) in [5, 5.41) is 19.7. The van der Waals surface area contributed by atoms with Crippen molar-refractivity contribution in [3.05, 3.63) is 72.9 Å². The predicted octanol–water partition coefficient (Wildman–Crippen LogP) is 5.99. The first-order chi connectivity index (χ1) is 23.8. The molecular formula is C33H31Cl4N7O6. The van der Waals surface area contributed by atoms with Crippen molar-refractivity contribution in [2.45, 2.75) is 20.3 Å². The van der Waals surface area contributed by atoms with Crippen LogP contribution >= 0.6 is 46.4 Å². The third kappa shape index (κ3) is 7.84. The number of carbonyl (C=O) groups is 4. The molecule has 50 heavy (non-hydrogen) atoms. The summed E-state index contributed by atoms with van der Waals surface area (Å²) in [5.41, 5.74) is 1.09. The number of nitriles is 1. The Morgan fingerprint density at radius 1 is 0.960 bits per heavy atom. The zero-order valence-electron chi connectivity index (χ0n) is 27.0. The van der Waals surface area contributed by atoms with E-state index in [1.165, 1.54) is 35.4 Å². The lowest BCUT2D eigenvalue weighted by Gasteiger charge is -2.40. The zero-order chi connectivity index (χ0) is 36.3. The predicted molar refractivity (Wildman–Crippen MR) is 189 cm³/mol. The van der Waals surface area contributed by atoms with Gasteiger partial charge in [-0.05, 0) is 38.1 Å². The number of nitrogens with zero attached hydrogens (tertiary/aromatic N) is 7. The number of halogens is 4. The quantitative estimate of drug-likeness (QED) is 0.191. The molecule has 2 saturated heterocycles. The topological polar surface area (TPSA) is 160 Å². The highest BCUT2D eigenvalue weighted by Crippen LogP contribution is 2.36. The number of esters is 1. The third-order valence-corrected chi connectivity index (χ3v) is 9.76. The van der Waals surface area contributed by atoms with Gasteiger partial charge in [-0.15, -0.1) is 0 Å². The Bertz CT molecular complexity index is 1890. The first-order valence-corrected chi connectivity index (χ1v) is 17.0. The summed E-state index contributed by atoms with van der Waals surface area (Å²) >= 11 is 25.4. The van der Waals surface area contributed by atoms with Gasteiger partial charge in [-0.2, -0.15) is 5.26 Å². The van der Waals surface area contributed by atoms with Gasteiger partial charge in [0.05, 0.1) is 60.7 Å². The Morgan fingerprint density at radius 2 is 1.64 bits per heavy atom. The van der Waals surface area contributed by atoms with E-state index >= 15 is 0 Å². The van der Waals surface area contributed by atoms with Crippen LogP contribution in [0.5, 0.6) is 0 Å². The lowest BCUT2D eigenvalue weighted by Crippen LogP contribution is -2.54. The van der Waals surface area contributed by atoms with Crippen LogP contribution < -0.4 is 14.7 Å². The lowest BCUT2D eigenvalue weighted by molar-refractivity contribution is -0.123. The van der Waals surface area contributed by atoms with Gasteiger partial charge in [0.25, 0.3) is 0 Å². The number of Topliss-reactive ketones (excluding diaryl/α,β-unsaturated/α-hetero) is 1. The monoisotopic (exact) mass is 761 g/mol. The number of ether oxygens (including phenoxy) is 1. The molecule has 0 aliphatic carbocycles. The fourth-order valence-electron chi connectivity index (χ4n) is 5.71. The largest absolute Gasteiger partial charge is 0.478 e. The maximum atomic E-state index is 14.0. The van der Waals surface area contributed by atoms with Crippen molar-refractivity contribution < 1.29 is 29.0 Å². The molecule has 5 rings (SSSR count). The molecule has 13 nitrogen and oxygen atoms in total. The van der Waals surface area contributed by atoms with Crippen molar-refractivity contribution in [3.63, 3.8) is 0 Å². The van der Waals surface area contributed by atoms with Crippen LogP contribution in [0.25, 0.3) is 0 Å². The molecule has 1 N–H and O–H groups in total. The number of ketones is 1. The standard InChI is InChI=1S/C33H31Cl4N7O6/c1-3-50-32(48)22-10-19(14-38)29(40-18(22)2)43-16-21(17-43)28(45)4-5-44(27-13-24(35)23(34)12-25(27)36)33(49)42-8-6-41(7-9-42)30-26(37)11-20(15-39-30)31(46)47/h10-13,15,21H,3-9,16-17H2,1-2H3,(H,46,47). The van der Waals surface area contributed by atoms with Crippen molar-refractivity contribution in [1.29, 1.82) is 5.26 Å². The van der Waals surface area contributed by atoms with Gasteiger partial charge in [-0.25, -0.2) is 24.4 Å². The molecule has 2 aliphatic heterocycles. The second-order valence-electron chi connectivity index (χ2n) is 11.6. The van der Waals surface area contributed by atoms with Gasteiger partial charge < -0.3 is 24.5 Å². The highest BCUT2D eigenvalue weighted by Gasteiger charge is 2.36. The van der Waals surface area contributed by atoms with Crippen LogP contribution in [-0.2, 0) is 9.53 Å². The number of piperazine rings is 1.